The van der Waals surface area contributed by atoms with Gasteiger partial charge < -0.3 is 0 Å². The van der Waals surface area contributed by atoms with E-state index in [0.29, 0.717) is 20.3 Å². The topological polar surface area (TPSA) is 78.0 Å². The van der Waals surface area contributed by atoms with Crippen LogP contribution in [0.4, 0.5) is 0 Å². The third kappa shape index (κ3) is 3.68. The number of nitrogens with zero attached hydrogens (tertiary/aromatic N) is 6. The Balaban J connectivity index is 1.50. The minimum absolute atomic E-state index is 0.225. The van der Waals surface area contributed by atoms with Crippen LogP contribution in [0, 0.1) is 0 Å². The van der Waals surface area contributed by atoms with Crippen molar-refractivity contribution >= 4 is 34.0 Å². The van der Waals surface area contributed by atoms with Crippen LogP contribution < -0.4 is 10.1 Å². The largest absolute Gasteiger partial charge is 0.291 e. The van der Waals surface area contributed by atoms with Gasteiger partial charge in [-0.1, -0.05) is 53.3 Å². The van der Waals surface area contributed by atoms with Crippen molar-refractivity contribution in [3.05, 3.63) is 111 Å². The molecule has 0 bridgehead atoms. The van der Waals surface area contributed by atoms with E-state index in [2.05, 4.69) is 15.1 Å². The van der Waals surface area contributed by atoms with Crippen molar-refractivity contribution in [2.45, 2.75) is 0 Å². The molecular weight excluding hydrogens is 468 g/mol. The van der Waals surface area contributed by atoms with E-state index in [1.807, 2.05) is 79.0 Å². The molecule has 6 rings (SSSR count). The predicted octanol–water partition coefficient (Wildman–Crippen LogP) is 4.27. The van der Waals surface area contributed by atoms with E-state index in [9.17, 15) is 4.79 Å². The summed E-state index contributed by atoms with van der Waals surface area (Å²) in [5.41, 5.74) is 3.91. The van der Waals surface area contributed by atoms with Crippen LogP contribution in [-0.4, -0.2) is 29.4 Å². The normalized spacial score (nSPS) is 12.0. The van der Waals surface area contributed by atoms with Gasteiger partial charge in [0, 0.05) is 40.3 Å². The lowest BCUT2D eigenvalue weighted by Gasteiger charge is -2.00. The Labute approximate surface area is 202 Å². The van der Waals surface area contributed by atoms with Crippen molar-refractivity contribution in [1.29, 1.82) is 0 Å². The lowest BCUT2D eigenvalue weighted by atomic mass is 10.1. The Hall–Kier alpha value is -4.14. The van der Waals surface area contributed by atoms with Crippen molar-refractivity contribution in [2.75, 3.05) is 0 Å². The molecule has 34 heavy (non-hydrogen) atoms. The van der Waals surface area contributed by atoms with Crippen LogP contribution >= 0.6 is 22.9 Å². The summed E-state index contributed by atoms with van der Waals surface area (Å²) in [5, 5.41) is 9.84. The molecule has 4 aromatic heterocycles. The minimum atomic E-state index is -0.225. The van der Waals surface area contributed by atoms with E-state index in [1.165, 1.54) is 15.9 Å². The fourth-order valence-corrected chi connectivity index (χ4v) is 4.65. The number of aromatic nitrogens is 6. The Morgan fingerprint density at radius 3 is 2.47 bits per heavy atom. The maximum Gasteiger partial charge on any atom is 0.291 e. The maximum absolute atomic E-state index is 13.1. The van der Waals surface area contributed by atoms with Gasteiger partial charge in [0.1, 0.15) is 5.69 Å². The SMILES string of the molecule is O=c1c(=Cc2cn(-c3ccccc3)nc2-c2ccc(Cl)cc2)sc2nc(-c3cccnc3)nn12. The number of halogens is 1. The van der Waals surface area contributed by atoms with Crippen LogP contribution in [0.25, 0.3) is 39.4 Å². The van der Waals surface area contributed by atoms with Crippen LogP contribution in [-0.2, 0) is 0 Å². The smallest absolute Gasteiger partial charge is 0.266 e. The third-order valence-corrected chi connectivity index (χ3v) is 6.48. The molecule has 0 aliphatic carbocycles. The van der Waals surface area contributed by atoms with E-state index in [0.717, 1.165) is 28.1 Å². The molecule has 2 aromatic carbocycles. The highest BCUT2D eigenvalue weighted by Gasteiger charge is 2.15. The second-order valence-electron chi connectivity index (χ2n) is 7.51. The van der Waals surface area contributed by atoms with E-state index < -0.39 is 0 Å². The lowest BCUT2D eigenvalue weighted by molar-refractivity contribution is 0.884. The van der Waals surface area contributed by atoms with Crippen LogP contribution in [0.2, 0.25) is 5.02 Å². The minimum Gasteiger partial charge on any atom is -0.266 e. The Morgan fingerprint density at radius 2 is 1.74 bits per heavy atom. The molecule has 0 atom stereocenters. The quantitative estimate of drug-likeness (QED) is 0.375. The molecule has 0 saturated heterocycles. The van der Waals surface area contributed by atoms with E-state index >= 15 is 0 Å². The van der Waals surface area contributed by atoms with Crippen molar-refractivity contribution in [1.82, 2.24) is 29.4 Å². The van der Waals surface area contributed by atoms with Gasteiger partial charge in [-0.25, -0.2) is 4.68 Å². The zero-order valence-electron chi connectivity index (χ0n) is 17.5. The molecule has 0 spiro atoms. The molecule has 7 nitrogen and oxygen atoms in total. The number of rotatable bonds is 4. The second kappa shape index (κ2) is 8.33. The molecular formula is C25H15ClN6OS. The fourth-order valence-electron chi connectivity index (χ4n) is 3.63. The van der Waals surface area contributed by atoms with Gasteiger partial charge in [-0.05, 0) is 42.5 Å². The van der Waals surface area contributed by atoms with Crippen molar-refractivity contribution < 1.29 is 0 Å². The van der Waals surface area contributed by atoms with Gasteiger partial charge in [-0.3, -0.25) is 9.78 Å². The average Bonchev–Trinajstić information content (AvgIpc) is 3.56. The van der Waals surface area contributed by atoms with Gasteiger partial charge in [-0.2, -0.15) is 14.6 Å². The van der Waals surface area contributed by atoms with Crippen LogP contribution in [0.1, 0.15) is 5.56 Å². The van der Waals surface area contributed by atoms with Crippen molar-refractivity contribution in [3.8, 4) is 28.3 Å². The highest BCUT2D eigenvalue weighted by molar-refractivity contribution is 7.15. The summed E-state index contributed by atoms with van der Waals surface area (Å²) in [6.07, 6.45) is 7.11. The molecule has 4 heterocycles. The predicted molar refractivity (Wildman–Crippen MR) is 133 cm³/mol. The number of hydrogen-bond donors (Lipinski definition) is 0. The molecule has 0 unspecified atom stereocenters. The highest BCUT2D eigenvalue weighted by atomic mass is 35.5. The number of fused-ring (bicyclic) bond motifs is 1. The second-order valence-corrected chi connectivity index (χ2v) is 8.95. The number of benzene rings is 2. The number of hydrogen-bond acceptors (Lipinski definition) is 6. The number of pyridine rings is 1. The van der Waals surface area contributed by atoms with Crippen LogP contribution in [0.15, 0.2) is 90.1 Å². The monoisotopic (exact) mass is 482 g/mol. The molecule has 0 aliphatic rings. The summed E-state index contributed by atoms with van der Waals surface area (Å²) in [7, 11) is 0. The molecule has 0 aliphatic heterocycles. The molecule has 0 N–H and O–H groups in total. The first-order valence-electron chi connectivity index (χ1n) is 10.4. The molecule has 0 saturated carbocycles. The summed E-state index contributed by atoms with van der Waals surface area (Å²) in [6.45, 7) is 0. The van der Waals surface area contributed by atoms with Gasteiger partial charge in [0.25, 0.3) is 5.56 Å². The zero-order valence-corrected chi connectivity index (χ0v) is 19.1. The van der Waals surface area contributed by atoms with Gasteiger partial charge >= 0.3 is 0 Å². The molecule has 0 radical (unpaired) electrons. The first kappa shape index (κ1) is 20.5. The number of para-hydroxylation sites is 1. The van der Waals surface area contributed by atoms with E-state index in [4.69, 9.17) is 16.7 Å². The molecule has 0 fully saturated rings. The molecule has 0 amide bonds. The summed E-state index contributed by atoms with van der Waals surface area (Å²) >= 11 is 7.37. The molecule has 164 valence electrons. The van der Waals surface area contributed by atoms with Gasteiger partial charge in [0.15, 0.2) is 5.82 Å². The summed E-state index contributed by atoms with van der Waals surface area (Å²) < 4.78 is 3.66. The van der Waals surface area contributed by atoms with Crippen LogP contribution in [0.3, 0.4) is 0 Å². The summed E-state index contributed by atoms with van der Waals surface area (Å²) in [5.74, 6) is 0.474. The number of thiazole rings is 1. The summed E-state index contributed by atoms with van der Waals surface area (Å²) in [6, 6.07) is 21.0. The zero-order chi connectivity index (χ0) is 23.1. The first-order valence-corrected chi connectivity index (χ1v) is 11.6. The Bertz CT molecular complexity index is 1720. The van der Waals surface area contributed by atoms with Gasteiger partial charge in [-0.15, -0.1) is 5.10 Å². The fraction of sp³-hybridized carbons (Fsp3) is 0. The summed E-state index contributed by atoms with van der Waals surface area (Å²) in [4.78, 5) is 22.3. The van der Waals surface area contributed by atoms with Crippen molar-refractivity contribution in [3.63, 3.8) is 0 Å². The van der Waals surface area contributed by atoms with Crippen molar-refractivity contribution in [2.24, 2.45) is 0 Å². The average molecular weight is 483 g/mol. The molecule has 6 aromatic rings. The van der Waals surface area contributed by atoms with Crippen LogP contribution in [0.5, 0.6) is 0 Å². The van der Waals surface area contributed by atoms with Gasteiger partial charge in [0.2, 0.25) is 4.96 Å². The highest BCUT2D eigenvalue weighted by Crippen LogP contribution is 2.26. The Kier molecular flexibility index (Phi) is 5.01. The Morgan fingerprint density at radius 1 is 0.912 bits per heavy atom. The van der Waals surface area contributed by atoms with E-state index in [1.54, 1.807) is 17.1 Å². The third-order valence-electron chi connectivity index (χ3n) is 5.27. The first-order chi connectivity index (χ1) is 16.7. The maximum atomic E-state index is 13.1. The van der Waals surface area contributed by atoms with E-state index in [-0.39, 0.29) is 5.56 Å². The lowest BCUT2D eigenvalue weighted by Crippen LogP contribution is -2.23. The standard InChI is InChI=1S/C25H15ClN6OS/c26-19-10-8-16(9-11-19)22-18(15-31(29-22)20-6-2-1-3-7-20)13-21-24(33)32-25(34-21)28-23(30-32)17-5-4-12-27-14-17/h1-15H. The van der Waals surface area contributed by atoms with Gasteiger partial charge in [0.05, 0.1) is 10.2 Å². The molecule has 9 heteroatoms.